The molecule has 0 aromatic heterocycles. The van der Waals surface area contributed by atoms with Gasteiger partial charge in [-0.05, 0) is 18.9 Å². The van der Waals surface area contributed by atoms with Crippen LogP contribution in [0.5, 0.6) is 0 Å². The van der Waals surface area contributed by atoms with E-state index in [1.54, 1.807) is 0 Å². The van der Waals surface area contributed by atoms with Gasteiger partial charge in [0, 0.05) is 38.8 Å². The molecule has 1 heterocycles. The van der Waals surface area contributed by atoms with Crippen LogP contribution < -0.4 is 11.1 Å². The van der Waals surface area contributed by atoms with Crippen LogP contribution in [-0.4, -0.2) is 67.6 Å². The second kappa shape index (κ2) is 7.96. The molecule has 1 amide bonds. The van der Waals surface area contributed by atoms with Gasteiger partial charge < -0.3 is 16.0 Å². The topological polar surface area (TPSA) is 61.6 Å². The van der Waals surface area contributed by atoms with E-state index in [1.165, 1.54) is 0 Å². The number of amides is 1. The Balaban J connectivity index is 2.49. The van der Waals surface area contributed by atoms with Crippen LogP contribution in [0.2, 0.25) is 0 Å². The van der Waals surface area contributed by atoms with Crippen LogP contribution in [0.25, 0.3) is 0 Å². The quantitative estimate of drug-likeness (QED) is 0.739. The van der Waals surface area contributed by atoms with Gasteiger partial charge in [-0.1, -0.05) is 27.7 Å². The molecule has 5 heteroatoms. The van der Waals surface area contributed by atoms with Crippen molar-refractivity contribution >= 4 is 5.91 Å². The lowest BCUT2D eigenvalue weighted by atomic mass is 10.0. The van der Waals surface area contributed by atoms with E-state index in [4.69, 9.17) is 5.73 Å². The van der Waals surface area contributed by atoms with Crippen molar-refractivity contribution in [2.24, 2.45) is 17.6 Å². The molecule has 1 fully saturated rings. The molecule has 0 saturated carbocycles. The first kappa shape index (κ1) is 17.4. The van der Waals surface area contributed by atoms with Gasteiger partial charge >= 0.3 is 0 Å². The highest BCUT2D eigenvalue weighted by Gasteiger charge is 2.26. The molecular formula is C15H32N4O. The van der Waals surface area contributed by atoms with E-state index in [9.17, 15) is 4.79 Å². The summed E-state index contributed by atoms with van der Waals surface area (Å²) in [6.45, 7) is 13.4. The molecule has 0 aromatic carbocycles. The first-order valence-electron chi connectivity index (χ1n) is 7.78. The minimum Gasteiger partial charge on any atom is -0.353 e. The maximum atomic E-state index is 12.0. The number of nitrogens with zero attached hydrogens (tertiary/aromatic N) is 2. The van der Waals surface area contributed by atoms with E-state index >= 15 is 0 Å². The number of nitrogens with one attached hydrogen (secondary N) is 1. The SMILES string of the molecule is CC(C)C(CNC(=O)[C@@H](N)C(C)C)N1CCN(C)CC1. The monoisotopic (exact) mass is 284 g/mol. The second-order valence-electron chi connectivity index (χ2n) is 6.67. The molecule has 20 heavy (non-hydrogen) atoms. The lowest BCUT2D eigenvalue weighted by molar-refractivity contribution is -0.123. The number of nitrogens with two attached hydrogens (primary N) is 1. The van der Waals surface area contributed by atoms with Crippen LogP contribution in [0.1, 0.15) is 27.7 Å². The second-order valence-corrected chi connectivity index (χ2v) is 6.67. The smallest absolute Gasteiger partial charge is 0.237 e. The standard InChI is InChI=1S/C15H32N4O/c1-11(2)13(19-8-6-18(5)7-9-19)10-17-15(20)14(16)12(3)4/h11-14H,6-10,16H2,1-5H3,(H,17,20)/t13?,14-/m0/s1. The Morgan fingerprint density at radius 2 is 1.65 bits per heavy atom. The third-order valence-electron chi connectivity index (χ3n) is 4.28. The Labute approximate surface area is 123 Å². The van der Waals surface area contributed by atoms with E-state index < -0.39 is 6.04 Å². The van der Waals surface area contributed by atoms with Crippen molar-refractivity contribution in [1.29, 1.82) is 0 Å². The van der Waals surface area contributed by atoms with Gasteiger partial charge in [0.25, 0.3) is 0 Å². The normalized spacial score (nSPS) is 21.2. The number of piperazine rings is 1. The number of hydrogen-bond donors (Lipinski definition) is 2. The Bertz CT molecular complexity index is 298. The predicted molar refractivity (Wildman–Crippen MR) is 83.5 cm³/mol. The lowest BCUT2D eigenvalue weighted by Gasteiger charge is -2.40. The van der Waals surface area contributed by atoms with Crippen LogP contribution >= 0.6 is 0 Å². The summed E-state index contributed by atoms with van der Waals surface area (Å²) in [7, 11) is 2.16. The Kier molecular flexibility index (Phi) is 6.92. The first-order chi connectivity index (χ1) is 9.32. The van der Waals surface area contributed by atoms with Gasteiger partial charge in [-0.2, -0.15) is 0 Å². The van der Waals surface area contributed by atoms with Gasteiger partial charge in [0.2, 0.25) is 5.91 Å². The third kappa shape index (κ3) is 5.04. The van der Waals surface area contributed by atoms with Gasteiger partial charge in [-0.15, -0.1) is 0 Å². The molecule has 1 saturated heterocycles. The number of carbonyl (C=O) groups is 1. The minimum atomic E-state index is -0.407. The van der Waals surface area contributed by atoms with Crippen molar-refractivity contribution in [2.45, 2.75) is 39.8 Å². The summed E-state index contributed by atoms with van der Waals surface area (Å²) in [6, 6.07) is -0.0117. The van der Waals surface area contributed by atoms with E-state index in [0.717, 1.165) is 26.2 Å². The molecule has 0 bridgehead atoms. The molecule has 2 atom stereocenters. The van der Waals surface area contributed by atoms with Crippen LogP contribution in [0, 0.1) is 11.8 Å². The Morgan fingerprint density at radius 1 is 1.10 bits per heavy atom. The highest BCUT2D eigenvalue weighted by Crippen LogP contribution is 2.13. The van der Waals surface area contributed by atoms with Crippen molar-refractivity contribution in [1.82, 2.24) is 15.1 Å². The van der Waals surface area contributed by atoms with Gasteiger partial charge in [0.1, 0.15) is 0 Å². The minimum absolute atomic E-state index is 0.0280. The van der Waals surface area contributed by atoms with Crippen LogP contribution in [-0.2, 0) is 4.79 Å². The van der Waals surface area contributed by atoms with Crippen LogP contribution in [0.4, 0.5) is 0 Å². The van der Waals surface area contributed by atoms with Crippen molar-refractivity contribution in [3.8, 4) is 0 Å². The highest BCUT2D eigenvalue weighted by molar-refractivity contribution is 5.81. The van der Waals surface area contributed by atoms with Crippen molar-refractivity contribution in [3.63, 3.8) is 0 Å². The summed E-state index contributed by atoms with van der Waals surface area (Å²) in [4.78, 5) is 16.8. The van der Waals surface area contributed by atoms with Gasteiger partial charge in [0.15, 0.2) is 0 Å². The van der Waals surface area contributed by atoms with E-state index in [-0.39, 0.29) is 11.8 Å². The fourth-order valence-corrected chi connectivity index (χ4v) is 2.57. The average Bonchev–Trinajstić information content (AvgIpc) is 2.39. The molecule has 0 radical (unpaired) electrons. The molecule has 0 aromatic rings. The molecule has 1 rings (SSSR count). The number of carbonyl (C=O) groups excluding carboxylic acids is 1. The fourth-order valence-electron chi connectivity index (χ4n) is 2.57. The van der Waals surface area contributed by atoms with Gasteiger partial charge in [-0.3, -0.25) is 9.69 Å². The Hall–Kier alpha value is -0.650. The summed E-state index contributed by atoms with van der Waals surface area (Å²) in [5.74, 6) is 0.671. The summed E-state index contributed by atoms with van der Waals surface area (Å²) in [5.41, 5.74) is 5.89. The summed E-state index contributed by atoms with van der Waals surface area (Å²) in [6.07, 6.45) is 0. The molecule has 118 valence electrons. The van der Waals surface area contributed by atoms with Crippen LogP contribution in [0.15, 0.2) is 0 Å². The van der Waals surface area contributed by atoms with Crippen molar-refractivity contribution in [3.05, 3.63) is 0 Å². The van der Waals surface area contributed by atoms with E-state index in [2.05, 4.69) is 36.0 Å². The predicted octanol–water partition coefficient (Wildman–Crippen LogP) is 0.358. The molecule has 0 aliphatic carbocycles. The number of rotatable bonds is 6. The van der Waals surface area contributed by atoms with E-state index in [1.807, 2.05) is 13.8 Å². The van der Waals surface area contributed by atoms with Crippen LogP contribution in [0.3, 0.4) is 0 Å². The van der Waals surface area contributed by atoms with E-state index in [0.29, 0.717) is 18.5 Å². The zero-order valence-corrected chi connectivity index (χ0v) is 13.7. The number of likely N-dealkylation sites (N-methyl/N-ethyl adjacent to an activating group) is 1. The maximum absolute atomic E-state index is 12.0. The van der Waals surface area contributed by atoms with Crippen molar-refractivity contribution in [2.75, 3.05) is 39.8 Å². The first-order valence-corrected chi connectivity index (χ1v) is 7.78. The summed E-state index contributed by atoms with van der Waals surface area (Å²) >= 11 is 0. The molecular weight excluding hydrogens is 252 g/mol. The maximum Gasteiger partial charge on any atom is 0.237 e. The zero-order valence-electron chi connectivity index (χ0n) is 13.7. The van der Waals surface area contributed by atoms with Gasteiger partial charge in [-0.25, -0.2) is 0 Å². The summed E-state index contributed by atoms with van der Waals surface area (Å²) in [5, 5.41) is 3.03. The highest BCUT2D eigenvalue weighted by atomic mass is 16.2. The van der Waals surface area contributed by atoms with Crippen molar-refractivity contribution < 1.29 is 4.79 Å². The molecule has 1 aliphatic rings. The summed E-state index contributed by atoms with van der Waals surface area (Å²) < 4.78 is 0. The average molecular weight is 284 g/mol. The molecule has 1 unspecified atom stereocenters. The molecule has 1 aliphatic heterocycles. The fraction of sp³-hybridized carbons (Fsp3) is 0.933. The Morgan fingerprint density at radius 3 is 2.10 bits per heavy atom. The lowest BCUT2D eigenvalue weighted by Crippen LogP contribution is -2.55. The third-order valence-corrected chi connectivity index (χ3v) is 4.28. The molecule has 0 spiro atoms. The molecule has 3 N–H and O–H groups in total. The largest absolute Gasteiger partial charge is 0.353 e. The zero-order chi connectivity index (χ0) is 15.3. The molecule has 5 nitrogen and oxygen atoms in total. The number of hydrogen-bond acceptors (Lipinski definition) is 4. The van der Waals surface area contributed by atoms with Gasteiger partial charge in [0.05, 0.1) is 6.04 Å².